The Morgan fingerprint density at radius 2 is 1.90 bits per heavy atom. The van der Waals surface area contributed by atoms with Gasteiger partial charge in [-0.25, -0.2) is 4.39 Å². The average molecular weight is 281 g/mol. The molecule has 0 amide bonds. The number of nitriles is 1. The predicted octanol–water partition coefficient (Wildman–Crippen LogP) is 3.73. The predicted molar refractivity (Wildman–Crippen MR) is 79.3 cm³/mol. The maximum absolute atomic E-state index is 13.5. The van der Waals surface area contributed by atoms with E-state index in [4.69, 9.17) is 0 Å². The van der Waals surface area contributed by atoms with Gasteiger partial charge >= 0.3 is 0 Å². The SMILES string of the molecule is CC(=O)C(C#N)(Cc1cc(F)ccc1C)c1ccccc1. The van der Waals surface area contributed by atoms with E-state index >= 15 is 0 Å². The molecule has 0 aliphatic heterocycles. The minimum atomic E-state index is -1.28. The Bertz CT molecular complexity index is 703. The fourth-order valence-electron chi connectivity index (χ4n) is 2.45. The van der Waals surface area contributed by atoms with Gasteiger partial charge in [0.15, 0.2) is 5.78 Å². The van der Waals surface area contributed by atoms with E-state index in [9.17, 15) is 14.4 Å². The minimum Gasteiger partial charge on any atom is -0.298 e. The fraction of sp³-hybridized carbons (Fsp3) is 0.222. The second kappa shape index (κ2) is 5.88. The minimum absolute atomic E-state index is 0.173. The normalized spacial score (nSPS) is 13.2. The Labute approximate surface area is 123 Å². The monoisotopic (exact) mass is 281 g/mol. The Hall–Kier alpha value is -2.47. The summed E-state index contributed by atoms with van der Waals surface area (Å²) >= 11 is 0. The molecule has 0 aliphatic rings. The van der Waals surface area contributed by atoms with Crippen LogP contribution in [0.5, 0.6) is 0 Å². The van der Waals surface area contributed by atoms with Crippen LogP contribution in [0, 0.1) is 24.1 Å². The molecule has 2 rings (SSSR count). The second-order valence-corrected chi connectivity index (χ2v) is 5.19. The summed E-state index contributed by atoms with van der Waals surface area (Å²) in [7, 11) is 0. The molecule has 0 N–H and O–H groups in total. The molecule has 0 bridgehead atoms. The second-order valence-electron chi connectivity index (χ2n) is 5.19. The molecular weight excluding hydrogens is 265 g/mol. The van der Waals surface area contributed by atoms with Gasteiger partial charge < -0.3 is 0 Å². The van der Waals surface area contributed by atoms with E-state index < -0.39 is 5.41 Å². The number of halogens is 1. The van der Waals surface area contributed by atoms with Gasteiger partial charge in [0.05, 0.1) is 6.07 Å². The number of carbonyl (C=O) groups is 1. The van der Waals surface area contributed by atoms with Crippen LogP contribution in [-0.4, -0.2) is 5.78 Å². The summed E-state index contributed by atoms with van der Waals surface area (Å²) in [4.78, 5) is 12.2. The molecule has 106 valence electrons. The van der Waals surface area contributed by atoms with Gasteiger partial charge in [0.2, 0.25) is 0 Å². The van der Waals surface area contributed by atoms with Crippen LogP contribution in [-0.2, 0) is 16.6 Å². The van der Waals surface area contributed by atoms with Crippen molar-refractivity contribution in [1.29, 1.82) is 5.26 Å². The first-order valence-corrected chi connectivity index (χ1v) is 6.72. The number of aryl methyl sites for hydroxylation is 1. The Morgan fingerprint density at radius 3 is 2.48 bits per heavy atom. The number of nitrogens with zero attached hydrogens (tertiary/aromatic N) is 1. The summed E-state index contributed by atoms with van der Waals surface area (Å²) in [6, 6.07) is 15.5. The Kier molecular flexibility index (Phi) is 4.18. The lowest BCUT2D eigenvalue weighted by Gasteiger charge is -2.25. The molecule has 1 unspecified atom stereocenters. The van der Waals surface area contributed by atoms with Crippen molar-refractivity contribution in [3.05, 3.63) is 71.0 Å². The standard InChI is InChI=1S/C18H16FNO/c1-13-8-9-17(19)10-15(13)11-18(12-20,14(2)21)16-6-4-3-5-7-16/h3-10H,11H2,1-2H3. The van der Waals surface area contributed by atoms with Crippen LogP contribution in [0.3, 0.4) is 0 Å². The summed E-state index contributed by atoms with van der Waals surface area (Å²) < 4.78 is 13.5. The molecule has 3 heteroatoms. The third-order valence-corrected chi connectivity index (χ3v) is 3.83. The van der Waals surface area contributed by atoms with Gasteiger partial charge in [-0.05, 0) is 42.7 Å². The Morgan fingerprint density at radius 1 is 1.24 bits per heavy atom. The van der Waals surface area contributed by atoms with Crippen molar-refractivity contribution in [1.82, 2.24) is 0 Å². The number of rotatable bonds is 4. The zero-order valence-corrected chi connectivity index (χ0v) is 12.1. The van der Waals surface area contributed by atoms with E-state index in [2.05, 4.69) is 6.07 Å². The first-order chi connectivity index (χ1) is 9.99. The number of ketones is 1. The molecule has 2 aromatic rings. The van der Waals surface area contributed by atoms with Crippen LogP contribution in [0.25, 0.3) is 0 Å². The van der Waals surface area contributed by atoms with Crippen molar-refractivity contribution in [3.8, 4) is 6.07 Å². The van der Waals surface area contributed by atoms with Crippen LogP contribution >= 0.6 is 0 Å². The molecule has 0 saturated heterocycles. The largest absolute Gasteiger partial charge is 0.298 e. The number of benzene rings is 2. The van der Waals surface area contributed by atoms with Crippen molar-refractivity contribution >= 4 is 5.78 Å². The lowest BCUT2D eigenvalue weighted by atomic mass is 9.73. The number of hydrogen-bond acceptors (Lipinski definition) is 2. The van der Waals surface area contributed by atoms with E-state index in [0.29, 0.717) is 11.1 Å². The molecule has 0 fully saturated rings. The van der Waals surface area contributed by atoms with E-state index in [1.54, 1.807) is 30.3 Å². The van der Waals surface area contributed by atoms with Gasteiger partial charge in [-0.15, -0.1) is 0 Å². The van der Waals surface area contributed by atoms with Crippen LogP contribution in [0.4, 0.5) is 4.39 Å². The van der Waals surface area contributed by atoms with Crippen LogP contribution < -0.4 is 0 Å². The quantitative estimate of drug-likeness (QED) is 0.856. The lowest BCUT2D eigenvalue weighted by molar-refractivity contribution is -0.120. The zero-order chi connectivity index (χ0) is 15.5. The molecule has 21 heavy (non-hydrogen) atoms. The van der Waals surface area contributed by atoms with E-state index in [-0.39, 0.29) is 18.0 Å². The van der Waals surface area contributed by atoms with Crippen molar-refractivity contribution in [3.63, 3.8) is 0 Å². The first kappa shape index (κ1) is 14.9. The molecule has 1 atom stereocenters. The van der Waals surface area contributed by atoms with Crippen LogP contribution in [0.15, 0.2) is 48.5 Å². The molecular formula is C18H16FNO. The van der Waals surface area contributed by atoms with Crippen molar-refractivity contribution in [2.45, 2.75) is 25.7 Å². The highest BCUT2D eigenvalue weighted by Gasteiger charge is 2.38. The summed E-state index contributed by atoms with van der Waals surface area (Å²) in [5.74, 6) is -0.598. The van der Waals surface area contributed by atoms with E-state index in [1.165, 1.54) is 19.1 Å². The summed E-state index contributed by atoms with van der Waals surface area (Å²) in [6.45, 7) is 3.26. The third kappa shape index (κ3) is 2.85. The molecule has 0 radical (unpaired) electrons. The molecule has 2 aromatic carbocycles. The maximum atomic E-state index is 13.5. The van der Waals surface area contributed by atoms with Gasteiger partial charge in [-0.2, -0.15) is 5.26 Å². The number of hydrogen-bond donors (Lipinski definition) is 0. The molecule has 0 aromatic heterocycles. The van der Waals surface area contributed by atoms with Gasteiger partial charge in [0.25, 0.3) is 0 Å². The summed E-state index contributed by atoms with van der Waals surface area (Å²) in [6.07, 6.45) is 0.173. The zero-order valence-electron chi connectivity index (χ0n) is 12.1. The molecule has 0 spiro atoms. The highest BCUT2D eigenvalue weighted by Crippen LogP contribution is 2.30. The number of carbonyl (C=O) groups excluding carboxylic acids is 1. The highest BCUT2D eigenvalue weighted by molar-refractivity contribution is 5.91. The van der Waals surface area contributed by atoms with Gasteiger partial charge in [0, 0.05) is 6.42 Å². The molecule has 0 saturated carbocycles. The lowest BCUT2D eigenvalue weighted by Crippen LogP contribution is -2.35. The third-order valence-electron chi connectivity index (χ3n) is 3.83. The molecule has 0 aliphatic carbocycles. The smallest absolute Gasteiger partial charge is 0.154 e. The summed E-state index contributed by atoms with van der Waals surface area (Å²) in [5.41, 5.74) is 0.910. The maximum Gasteiger partial charge on any atom is 0.154 e. The summed E-state index contributed by atoms with van der Waals surface area (Å²) in [5, 5.41) is 9.66. The highest BCUT2D eigenvalue weighted by atomic mass is 19.1. The van der Waals surface area contributed by atoms with Gasteiger partial charge in [0.1, 0.15) is 11.2 Å². The topological polar surface area (TPSA) is 40.9 Å². The van der Waals surface area contributed by atoms with Crippen LogP contribution in [0.2, 0.25) is 0 Å². The molecule has 0 heterocycles. The first-order valence-electron chi connectivity index (χ1n) is 6.72. The van der Waals surface area contributed by atoms with Crippen molar-refractivity contribution in [2.24, 2.45) is 0 Å². The van der Waals surface area contributed by atoms with Crippen molar-refractivity contribution < 1.29 is 9.18 Å². The van der Waals surface area contributed by atoms with Gasteiger partial charge in [-0.3, -0.25) is 4.79 Å². The van der Waals surface area contributed by atoms with E-state index in [0.717, 1.165) is 5.56 Å². The average Bonchev–Trinajstić information content (AvgIpc) is 2.49. The number of Topliss-reactive ketones (excluding diaryl/α,β-unsaturated/α-hetero) is 1. The van der Waals surface area contributed by atoms with Gasteiger partial charge in [-0.1, -0.05) is 36.4 Å². The molecule has 2 nitrogen and oxygen atoms in total. The Balaban J connectivity index is 2.55. The van der Waals surface area contributed by atoms with Crippen LogP contribution in [0.1, 0.15) is 23.6 Å². The van der Waals surface area contributed by atoms with E-state index in [1.807, 2.05) is 13.0 Å². The van der Waals surface area contributed by atoms with Crippen molar-refractivity contribution in [2.75, 3.05) is 0 Å². The fourth-order valence-corrected chi connectivity index (χ4v) is 2.45.